The minimum absolute atomic E-state index is 0.339. The first-order chi connectivity index (χ1) is 22.1. The van der Waals surface area contributed by atoms with Crippen LogP contribution in [-0.2, 0) is 28.5 Å². The molecule has 0 aromatic heterocycles. The van der Waals surface area contributed by atoms with Crippen molar-refractivity contribution in [3.8, 4) is 23.7 Å². The molecular formula is C38H56O6S. The van der Waals surface area contributed by atoms with Gasteiger partial charge in [0.25, 0.3) is 0 Å². The van der Waals surface area contributed by atoms with Crippen LogP contribution in [0.15, 0.2) is 25.3 Å². The van der Waals surface area contributed by atoms with Crippen molar-refractivity contribution in [2.45, 2.75) is 138 Å². The highest BCUT2D eigenvalue weighted by Crippen LogP contribution is 2.34. The van der Waals surface area contributed by atoms with E-state index in [2.05, 4.69) is 36.8 Å². The minimum atomic E-state index is -0.339. The number of rotatable bonds is 18. The molecule has 0 aromatic rings. The van der Waals surface area contributed by atoms with E-state index in [9.17, 15) is 9.59 Å². The van der Waals surface area contributed by atoms with Gasteiger partial charge in [0.2, 0.25) is 0 Å². The van der Waals surface area contributed by atoms with Gasteiger partial charge in [0.1, 0.15) is 0 Å². The summed E-state index contributed by atoms with van der Waals surface area (Å²) in [7, 11) is 0. The van der Waals surface area contributed by atoms with Crippen LogP contribution in [0.4, 0.5) is 0 Å². The van der Waals surface area contributed by atoms with Crippen molar-refractivity contribution in [2.24, 2.45) is 11.8 Å². The third kappa shape index (κ3) is 16.8. The van der Waals surface area contributed by atoms with E-state index in [0.29, 0.717) is 47.8 Å². The second-order valence-corrected chi connectivity index (χ2v) is 13.9. The van der Waals surface area contributed by atoms with Gasteiger partial charge >= 0.3 is 11.9 Å². The molecular weight excluding hydrogens is 584 g/mol. The summed E-state index contributed by atoms with van der Waals surface area (Å²) >= 11 is 1.98. The summed E-state index contributed by atoms with van der Waals surface area (Å²) in [5, 5.41) is 0.870. The standard InChI is InChI=1S/C38H56O6S/c1-3-37(39)43-29-11-7-5-9-27-41-33-19-13-31(14-20-33)17-23-35-25-26-36(45-35)24-18-32-15-21-34(22-16-32)42-28-10-6-8-12-30-44-38(40)4-2/h3-4,31-36H,1-2,5-16,19-22,25-30H2. The molecule has 0 N–H and O–H groups in total. The first kappa shape index (κ1) is 37.3. The topological polar surface area (TPSA) is 71.1 Å². The quantitative estimate of drug-likeness (QED) is 0.0651. The molecule has 0 spiro atoms. The number of thioether (sulfide) groups is 1. The molecule has 1 heterocycles. The van der Waals surface area contributed by atoms with Gasteiger partial charge in [-0.05, 0) is 103 Å². The van der Waals surface area contributed by atoms with Crippen molar-refractivity contribution in [1.82, 2.24) is 0 Å². The Kier molecular flexibility index (Phi) is 19.2. The van der Waals surface area contributed by atoms with Crippen molar-refractivity contribution in [2.75, 3.05) is 26.4 Å². The van der Waals surface area contributed by atoms with Crippen molar-refractivity contribution in [3.63, 3.8) is 0 Å². The fraction of sp³-hybridized carbons (Fsp3) is 0.737. The maximum atomic E-state index is 11.0. The zero-order valence-corrected chi connectivity index (χ0v) is 28.3. The van der Waals surface area contributed by atoms with Gasteiger partial charge in [-0.2, -0.15) is 0 Å². The van der Waals surface area contributed by atoms with Crippen LogP contribution >= 0.6 is 11.8 Å². The van der Waals surface area contributed by atoms with Gasteiger partial charge in [-0.1, -0.05) is 49.7 Å². The Labute approximate surface area is 277 Å². The number of carbonyl (C=O) groups is 2. The Morgan fingerprint density at radius 1 is 0.533 bits per heavy atom. The Morgan fingerprint density at radius 2 is 0.911 bits per heavy atom. The van der Waals surface area contributed by atoms with Gasteiger partial charge in [0.05, 0.1) is 35.9 Å². The molecule has 2 atom stereocenters. The van der Waals surface area contributed by atoms with E-state index in [-0.39, 0.29) is 11.9 Å². The summed E-state index contributed by atoms with van der Waals surface area (Å²) in [4.78, 5) is 22.0. The van der Waals surface area contributed by atoms with Gasteiger partial charge in [-0.25, -0.2) is 9.59 Å². The number of ether oxygens (including phenoxy) is 4. The van der Waals surface area contributed by atoms with Crippen LogP contribution in [0.5, 0.6) is 0 Å². The molecule has 2 unspecified atom stereocenters. The maximum Gasteiger partial charge on any atom is 0.330 e. The van der Waals surface area contributed by atoms with Gasteiger partial charge in [0, 0.05) is 37.2 Å². The highest BCUT2D eigenvalue weighted by molar-refractivity contribution is 8.01. The van der Waals surface area contributed by atoms with E-state index >= 15 is 0 Å². The first-order valence-corrected chi connectivity index (χ1v) is 18.5. The number of carbonyl (C=O) groups excluding carboxylic acids is 2. The molecule has 45 heavy (non-hydrogen) atoms. The lowest BCUT2D eigenvalue weighted by molar-refractivity contribution is -0.138. The predicted molar refractivity (Wildman–Crippen MR) is 183 cm³/mol. The van der Waals surface area contributed by atoms with Crippen LogP contribution in [0.2, 0.25) is 0 Å². The first-order valence-electron chi connectivity index (χ1n) is 17.5. The van der Waals surface area contributed by atoms with Gasteiger partial charge < -0.3 is 18.9 Å². The zero-order valence-electron chi connectivity index (χ0n) is 27.4. The van der Waals surface area contributed by atoms with Crippen molar-refractivity contribution >= 4 is 23.7 Å². The molecule has 3 aliphatic rings. The van der Waals surface area contributed by atoms with Crippen molar-refractivity contribution in [1.29, 1.82) is 0 Å². The van der Waals surface area contributed by atoms with E-state index in [0.717, 1.165) is 129 Å². The molecule has 1 saturated heterocycles. The SMILES string of the molecule is C=CC(=O)OCCCCCCOC1CCC(C#CC2CCC(C#CC3CCC(OCCCCCCOC(=O)C=C)CC3)S2)CC1. The molecule has 1 aliphatic heterocycles. The molecule has 0 amide bonds. The second-order valence-electron chi connectivity index (χ2n) is 12.5. The van der Waals surface area contributed by atoms with Crippen LogP contribution in [0.3, 0.4) is 0 Å². The van der Waals surface area contributed by atoms with Gasteiger partial charge in [0.15, 0.2) is 0 Å². The lowest BCUT2D eigenvalue weighted by Gasteiger charge is -2.26. The van der Waals surface area contributed by atoms with Crippen LogP contribution in [0.25, 0.3) is 0 Å². The zero-order chi connectivity index (χ0) is 32.0. The molecule has 0 radical (unpaired) electrons. The van der Waals surface area contributed by atoms with E-state index in [4.69, 9.17) is 18.9 Å². The second kappa shape index (κ2) is 23.2. The molecule has 0 aromatic carbocycles. The Hall–Kier alpha value is -2.19. The van der Waals surface area contributed by atoms with E-state index in [1.807, 2.05) is 11.8 Å². The lowest BCUT2D eigenvalue weighted by atomic mass is 9.87. The Morgan fingerprint density at radius 3 is 1.29 bits per heavy atom. The normalized spacial score (nSPS) is 26.0. The number of hydrogen-bond acceptors (Lipinski definition) is 7. The van der Waals surface area contributed by atoms with Crippen LogP contribution in [-0.4, -0.2) is 61.1 Å². The maximum absolute atomic E-state index is 11.0. The number of unbranched alkanes of at least 4 members (excludes halogenated alkanes) is 6. The summed E-state index contributed by atoms with van der Waals surface area (Å²) in [6.07, 6.45) is 22.8. The highest BCUT2D eigenvalue weighted by atomic mass is 32.2. The van der Waals surface area contributed by atoms with Crippen molar-refractivity contribution in [3.05, 3.63) is 25.3 Å². The summed E-state index contributed by atoms with van der Waals surface area (Å²) in [6, 6.07) is 0. The lowest BCUT2D eigenvalue weighted by Crippen LogP contribution is -2.21. The minimum Gasteiger partial charge on any atom is -0.463 e. The van der Waals surface area contributed by atoms with E-state index < -0.39 is 0 Å². The van der Waals surface area contributed by atoms with Crippen LogP contribution in [0, 0.1) is 35.5 Å². The number of esters is 2. The number of hydrogen-bond donors (Lipinski definition) is 0. The third-order valence-corrected chi connectivity index (χ3v) is 10.2. The summed E-state index contributed by atoms with van der Waals surface area (Å²) in [5.74, 6) is 14.8. The molecule has 2 aliphatic carbocycles. The molecule has 0 bridgehead atoms. The summed E-state index contributed by atoms with van der Waals surface area (Å²) < 4.78 is 22.3. The third-order valence-electron chi connectivity index (χ3n) is 8.87. The molecule has 7 heteroatoms. The average molecular weight is 641 g/mol. The monoisotopic (exact) mass is 640 g/mol. The predicted octanol–water partition coefficient (Wildman–Crippen LogP) is 7.99. The molecule has 3 rings (SSSR count). The van der Waals surface area contributed by atoms with Gasteiger partial charge in [-0.15, -0.1) is 11.8 Å². The van der Waals surface area contributed by atoms with E-state index in [1.54, 1.807) is 0 Å². The van der Waals surface area contributed by atoms with Crippen LogP contribution in [0.1, 0.15) is 116 Å². The molecule has 250 valence electrons. The average Bonchev–Trinajstić information content (AvgIpc) is 3.53. The Bertz CT molecular complexity index is 923. The van der Waals surface area contributed by atoms with Crippen LogP contribution < -0.4 is 0 Å². The smallest absolute Gasteiger partial charge is 0.330 e. The largest absolute Gasteiger partial charge is 0.463 e. The van der Waals surface area contributed by atoms with Crippen molar-refractivity contribution < 1.29 is 28.5 Å². The summed E-state index contributed by atoms with van der Waals surface area (Å²) in [6.45, 7) is 9.41. The fourth-order valence-electron chi connectivity index (χ4n) is 6.10. The summed E-state index contributed by atoms with van der Waals surface area (Å²) in [5.41, 5.74) is 0. The fourth-order valence-corrected chi connectivity index (χ4v) is 7.31. The Balaban J connectivity index is 1.17. The highest BCUT2D eigenvalue weighted by Gasteiger charge is 2.25. The molecule has 3 fully saturated rings. The van der Waals surface area contributed by atoms with Gasteiger partial charge in [-0.3, -0.25) is 0 Å². The molecule has 6 nitrogen and oxygen atoms in total. The van der Waals surface area contributed by atoms with E-state index in [1.165, 1.54) is 12.2 Å². The molecule has 2 saturated carbocycles.